The Morgan fingerprint density at radius 2 is 1.55 bits per heavy atom. The van der Waals surface area contributed by atoms with Gasteiger partial charge in [0, 0.05) is 5.69 Å². The van der Waals surface area contributed by atoms with Crippen molar-refractivity contribution < 1.29 is 19.4 Å². The van der Waals surface area contributed by atoms with Crippen molar-refractivity contribution in [2.24, 2.45) is 0 Å². The van der Waals surface area contributed by atoms with Gasteiger partial charge in [-0.05, 0) is 48.7 Å². The zero-order valence-electron chi connectivity index (χ0n) is 17.6. The predicted molar refractivity (Wildman–Crippen MR) is 120 cm³/mol. The van der Waals surface area contributed by atoms with Gasteiger partial charge in [0.1, 0.15) is 11.5 Å². The summed E-state index contributed by atoms with van der Waals surface area (Å²) in [6.07, 6.45) is 0. The Labute approximate surface area is 181 Å². The number of ketones is 1. The Bertz CT molecular complexity index is 1180. The van der Waals surface area contributed by atoms with Crippen LogP contribution in [0.4, 0.5) is 5.69 Å². The lowest BCUT2D eigenvalue weighted by atomic mass is 9.93. The van der Waals surface area contributed by atoms with E-state index in [-0.39, 0.29) is 11.3 Å². The first-order valence-electron chi connectivity index (χ1n) is 10.0. The number of rotatable bonds is 4. The third-order valence-electron chi connectivity index (χ3n) is 5.47. The maximum absolute atomic E-state index is 13.2. The fraction of sp³-hybridized carbons (Fsp3) is 0.154. The summed E-state index contributed by atoms with van der Waals surface area (Å²) in [4.78, 5) is 27.8. The molecule has 4 rings (SSSR count). The van der Waals surface area contributed by atoms with Crippen LogP contribution in [-0.4, -0.2) is 23.9 Å². The monoisotopic (exact) mass is 413 g/mol. The second kappa shape index (κ2) is 8.11. The van der Waals surface area contributed by atoms with Gasteiger partial charge in [0.05, 0.1) is 24.3 Å². The summed E-state index contributed by atoms with van der Waals surface area (Å²) in [6, 6.07) is 21.2. The van der Waals surface area contributed by atoms with E-state index in [2.05, 4.69) is 0 Å². The van der Waals surface area contributed by atoms with E-state index in [1.165, 1.54) is 12.0 Å². The largest absolute Gasteiger partial charge is 0.507 e. The van der Waals surface area contributed by atoms with Crippen LogP contribution in [0.5, 0.6) is 5.75 Å². The number of carbonyl (C=O) groups is 2. The fourth-order valence-corrected chi connectivity index (χ4v) is 4.18. The van der Waals surface area contributed by atoms with Gasteiger partial charge < -0.3 is 9.84 Å². The van der Waals surface area contributed by atoms with Crippen molar-refractivity contribution in [3.05, 3.63) is 101 Å². The van der Waals surface area contributed by atoms with Crippen molar-refractivity contribution in [1.82, 2.24) is 0 Å². The van der Waals surface area contributed by atoms with Gasteiger partial charge in [0.15, 0.2) is 0 Å². The molecule has 1 aliphatic heterocycles. The lowest BCUT2D eigenvalue weighted by molar-refractivity contribution is -0.132. The van der Waals surface area contributed by atoms with Gasteiger partial charge in [-0.3, -0.25) is 14.5 Å². The highest BCUT2D eigenvalue weighted by Crippen LogP contribution is 2.43. The normalized spacial score (nSPS) is 17.8. The molecule has 1 unspecified atom stereocenters. The number of aryl methyl sites for hydroxylation is 2. The van der Waals surface area contributed by atoms with Crippen LogP contribution in [0.3, 0.4) is 0 Å². The maximum atomic E-state index is 13.2. The molecular weight excluding hydrogens is 390 g/mol. The summed E-state index contributed by atoms with van der Waals surface area (Å²) in [6.45, 7) is 3.78. The van der Waals surface area contributed by atoms with Gasteiger partial charge in [-0.1, -0.05) is 54.6 Å². The molecule has 1 fully saturated rings. The topological polar surface area (TPSA) is 66.8 Å². The predicted octanol–water partition coefficient (Wildman–Crippen LogP) is 4.94. The second-order valence-electron chi connectivity index (χ2n) is 7.58. The highest BCUT2D eigenvalue weighted by atomic mass is 16.5. The molecule has 0 aromatic heterocycles. The molecule has 1 N–H and O–H groups in total. The van der Waals surface area contributed by atoms with E-state index in [1.54, 1.807) is 18.2 Å². The number of aliphatic hydroxyl groups excluding tert-OH is 1. The zero-order chi connectivity index (χ0) is 22.1. The molecule has 1 amide bonds. The second-order valence-corrected chi connectivity index (χ2v) is 7.58. The van der Waals surface area contributed by atoms with Gasteiger partial charge >= 0.3 is 0 Å². The molecule has 1 aliphatic rings. The van der Waals surface area contributed by atoms with Crippen LogP contribution in [0.15, 0.2) is 78.4 Å². The van der Waals surface area contributed by atoms with Gasteiger partial charge in [-0.2, -0.15) is 0 Å². The standard InChI is InChI=1S/C26H23NO4/c1-16-14-17(2)25(31-3)20(15-16)23(28)21-22(18-10-6-4-7-11-18)27(26(30)24(21)29)19-12-8-5-9-13-19/h4-15,22,28H,1-3H3/b23-21+. The van der Waals surface area contributed by atoms with Crippen molar-refractivity contribution in [2.75, 3.05) is 12.0 Å². The molecule has 1 heterocycles. The summed E-state index contributed by atoms with van der Waals surface area (Å²) >= 11 is 0. The first-order chi connectivity index (χ1) is 14.9. The van der Waals surface area contributed by atoms with E-state index in [0.717, 1.165) is 16.7 Å². The molecule has 1 saturated heterocycles. The Morgan fingerprint density at radius 3 is 2.16 bits per heavy atom. The minimum Gasteiger partial charge on any atom is -0.507 e. The molecule has 1 atom stereocenters. The highest BCUT2D eigenvalue weighted by molar-refractivity contribution is 6.51. The van der Waals surface area contributed by atoms with Crippen LogP contribution in [0.2, 0.25) is 0 Å². The van der Waals surface area contributed by atoms with Gasteiger partial charge in [-0.15, -0.1) is 0 Å². The lowest BCUT2D eigenvalue weighted by Crippen LogP contribution is -2.29. The Morgan fingerprint density at radius 1 is 0.935 bits per heavy atom. The van der Waals surface area contributed by atoms with Crippen LogP contribution in [0.1, 0.15) is 28.3 Å². The van der Waals surface area contributed by atoms with Gasteiger partial charge in [0.25, 0.3) is 11.7 Å². The number of methoxy groups -OCH3 is 1. The first-order valence-corrected chi connectivity index (χ1v) is 10.0. The molecule has 0 aliphatic carbocycles. The van der Waals surface area contributed by atoms with Crippen molar-refractivity contribution in [3.8, 4) is 5.75 Å². The van der Waals surface area contributed by atoms with Crippen molar-refractivity contribution in [2.45, 2.75) is 19.9 Å². The Balaban J connectivity index is 2.00. The molecule has 156 valence electrons. The van der Waals surface area contributed by atoms with Crippen molar-refractivity contribution >= 4 is 23.1 Å². The molecule has 3 aromatic carbocycles. The number of benzene rings is 3. The molecule has 0 bridgehead atoms. The molecule has 5 nitrogen and oxygen atoms in total. The average Bonchev–Trinajstić information content (AvgIpc) is 3.04. The number of nitrogens with zero attached hydrogens (tertiary/aromatic N) is 1. The molecule has 0 saturated carbocycles. The Kier molecular flexibility index (Phi) is 5.34. The quantitative estimate of drug-likeness (QED) is 0.374. The average molecular weight is 413 g/mol. The number of para-hydroxylation sites is 1. The van der Waals surface area contributed by atoms with E-state index in [0.29, 0.717) is 17.0 Å². The Hall–Kier alpha value is -3.86. The number of aliphatic hydroxyl groups is 1. The molecule has 0 radical (unpaired) electrons. The summed E-state index contributed by atoms with van der Waals surface area (Å²) < 4.78 is 5.52. The van der Waals surface area contributed by atoms with Crippen molar-refractivity contribution in [1.29, 1.82) is 0 Å². The van der Waals surface area contributed by atoms with E-state index >= 15 is 0 Å². The number of Topliss-reactive ketones (excluding diaryl/α,β-unsaturated/α-hetero) is 1. The van der Waals surface area contributed by atoms with Crippen LogP contribution >= 0.6 is 0 Å². The van der Waals surface area contributed by atoms with Gasteiger partial charge in [0.2, 0.25) is 0 Å². The smallest absolute Gasteiger partial charge is 0.300 e. The minimum atomic E-state index is -0.755. The molecule has 0 spiro atoms. The minimum absolute atomic E-state index is 0.0448. The third kappa shape index (κ3) is 3.48. The zero-order valence-corrected chi connectivity index (χ0v) is 17.6. The first kappa shape index (κ1) is 20.4. The fourth-order valence-electron chi connectivity index (χ4n) is 4.18. The van der Waals surface area contributed by atoms with E-state index < -0.39 is 17.7 Å². The number of amides is 1. The molecule has 3 aromatic rings. The molecule has 31 heavy (non-hydrogen) atoms. The van der Waals surface area contributed by atoms with E-state index in [9.17, 15) is 14.7 Å². The number of anilines is 1. The van der Waals surface area contributed by atoms with Crippen LogP contribution in [-0.2, 0) is 9.59 Å². The number of hydrogen-bond donors (Lipinski definition) is 1. The summed E-state index contributed by atoms with van der Waals surface area (Å²) in [7, 11) is 1.52. The highest BCUT2D eigenvalue weighted by Gasteiger charge is 2.47. The summed E-state index contributed by atoms with van der Waals surface area (Å²) in [5, 5.41) is 11.4. The van der Waals surface area contributed by atoms with Gasteiger partial charge in [-0.25, -0.2) is 0 Å². The summed E-state index contributed by atoms with van der Waals surface area (Å²) in [5.41, 5.74) is 3.50. The van der Waals surface area contributed by atoms with E-state index in [1.807, 2.05) is 68.4 Å². The number of carbonyl (C=O) groups excluding carboxylic acids is 2. The van der Waals surface area contributed by atoms with Crippen LogP contribution in [0, 0.1) is 13.8 Å². The maximum Gasteiger partial charge on any atom is 0.300 e. The number of hydrogen-bond acceptors (Lipinski definition) is 4. The van der Waals surface area contributed by atoms with E-state index in [4.69, 9.17) is 4.74 Å². The SMILES string of the molecule is COc1c(C)cc(C)cc1/C(O)=C1\C(=O)C(=O)N(c2ccccc2)C1c1ccccc1. The molecular formula is C26H23NO4. The number of ether oxygens (including phenoxy) is 1. The third-order valence-corrected chi connectivity index (χ3v) is 5.47. The lowest BCUT2D eigenvalue weighted by Gasteiger charge is -2.25. The van der Waals surface area contributed by atoms with Crippen molar-refractivity contribution in [3.63, 3.8) is 0 Å². The summed E-state index contributed by atoms with van der Waals surface area (Å²) in [5.74, 6) is -1.17. The van der Waals surface area contributed by atoms with Crippen LogP contribution < -0.4 is 9.64 Å². The van der Waals surface area contributed by atoms with Crippen LogP contribution in [0.25, 0.3) is 5.76 Å². The molecule has 5 heteroatoms.